The molecule has 0 bridgehead atoms. The van der Waals surface area contributed by atoms with E-state index >= 15 is 0 Å². The number of aryl methyl sites for hydroxylation is 1. The van der Waals surface area contributed by atoms with E-state index in [0.717, 1.165) is 16.6 Å². The van der Waals surface area contributed by atoms with Crippen molar-refractivity contribution >= 4 is 28.6 Å². The monoisotopic (exact) mass is 278 g/mol. The highest BCUT2D eigenvalue weighted by molar-refractivity contribution is 8.14. The molecule has 0 amide bonds. The number of hydrogen-bond donors (Lipinski definition) is 1. The van der Waals surface area contributed by atoms with Gasteiger partial charge in [0.05, 0.1) is 17.6 Å². The second-order valence-corrected chi connectivity index (χ2v) is 5.83. The van der Waals surface area contributed by atoms with Gasteiger partial charge in [-0.25, -0.2) is 4.99 Å². The standard InChI is InChI=1S/C14H18N2O2S/c1-9-4-6-11(7-5-9)15-14-16(3)12(8-19-14)10(2)13(17)18/h4-7,10,12H,8H2,1-3H3,(H,17,18). The molecule has 2 unspecified atom stereocenters. The molecular weight excluding hydrogens is 260 g/mol. The predicted molar refractivity (Wildman–Crippen MR) is 79.1 cm³/mol. The Hall–Kier alpha value is -1.49. The van der Waals surface area contributed by atoms with Crippen molar-refractivity contribution in [2.75, 3.05) is 12.8 Å². The first kappa shape index (κ1) is 13.9. The Bertz CT molecular complexity index is 499. The second-order valence-electron chi connectivity index (χ2n) is 4.85. The van der Waals surface area contributed by atoms with Gasteiger partial charge in [0.25, 0.3) is 0 Å². The number of nitrogens with zero attached hydrogens (tertiary/aromatic N) is 2. The minimum absolute atomic E-state index is 0.00620. The van der Waals surface area contributed by atoms with Gasteiger partial charge in [-0.15, -0.1) is 0 Å². The quantitative estimate of drug-likeness (QED) is 0.923. The zero-order chi connectivity index (χ0) is 14.0. The molecule has 0 saturated carbocycles. The van der Waals surface area contributed by atoms with Gasteiger partial charge in [0.1, 0.15) is 0 Å². The van der Waals surface area contributed by atoms with Gasteiger partial charge in [0, 0.05) is 12.8 Å². The van der Waals surface area contributed by atoms with Crippen molar-refractivity contribution in [1.82, 2.24) is 4.90 Å². The third-order valence-corrected chi connectivity index (χ3v) is 4.55. The van der Waals surface area contributed by atoms with Gasteiger partial charge in [0.2, 0.25) is 0 Å². The maximum absolute atomic E-state index is 11.1. The summed E-state index contributed by atoms with van der Waals surface area (Å²) in [4.78, 5) is 17.6. The van der Waals surface area contributed by atoms with E-state index in [-0.39, 0.29) is 12.0 Å². The number of carbonyl (C=O) groups is 1. The Kier molecular flexibility index (Phi) is 4.14. The summed E-state index contributed by atoms with van der Waals surface area (Å²) < 4.78 is 0. The van der Waals surface area contributed by atoms with Crippen molar-refractivity contribution in [1.29, 1.82) is 0 Å². The zero-order valence-corrected chi connectivity index (χ0v) is 12.1. The van der Waals surface area contributed by atoms with Crippen LogP contribution in [0, 0.1) is 12.8 Å². The maximum atomic E-state index is 11.1. The number of aliphatic imine (C=N–C) groups is 1. The lowest BCUT2D eigenvalue weighted by Crippen LogP contribution is -2.38. The van der Waals surface area contributed by atoms with Gasteiger partial charge < -0.3 is 10.0 Å². The summed E-state index contributed by atoms with van der Waals surface area (Å²) in [7, 11) is 1.91. The molecule has 19 heavy (non-hydrogen) atoms. The van der Waals surface area contributed by atoms with Crippen LogP contribution >= 0.6 is 11.8 Å². The summed E-state index contributed by atoms with van der Waals surface area (Å²) in [6, 6.07) is 8.01. The third-order valence-electron chi connectivity index (χ3n) is 3.41. The summed E-state index contributed by atoms with van der Waals surface area (Å²) in [6.45, 7) is 3.79. The molecule has 0 spiro atoms. The van der Waals surface area contributed by atoms with E-state index < -0.39 is 5.97 Å². The molecule has 1 aliphatic heterocycles. The van der Waals surface area contributed by atoms with Gasteiger partial charge in [-0.2, -0.15) is 0 Å². The number of carboxylic acid groups (broad SMARTS) is 1. The van der Waals surface area contributed by atoms with Crippen molar-refractivity contribution in [2.24, 2.45) is 10.9 Å². The van der Waals surface area contributed by atoms with Crippen LogP contribution in [0.5, 0.6) is 0 Å². The largest absolute Gasteiger partial charge is 0.481 e. The smallest absolute Gasteiger partial charge is 0.308 e. The lowest BCUT2D eigenvalue weighted by atomic mass is 10.0. The van der Waals surface area contributed by atoms with E-state index in [4.69, 9.17) is 5.11 Å². The molecule has 1 aliphatic rings. The summed E-state index contributed by atoms with van der Waals surface area (Å²) in [5, 5.41) is 9.98. The van der Waals surface area contributed by atoms with Gasteiger partial charge in [-0.3, -0.25) is 4.79 Å². The minimum Gasteiger partial charge on any atom is -0.481 e. The van der Waals surface area contributed by atoms with Crippen LogP contribution < -0.4 is 0 Å². The molecular formula is C14H18N2O2S. The molecule has 1 saturated heterocycles. The van der Waals surface area contributed by atoms with Crippen LogP contribution in [-0.2, 0) is 4.79 Å². The van der Waals surface area contributed by atoms with Gasteiger partial charge in [0.15, 0.2) is 5.17 Å². The Balaban J connectivity index is 2.15. The zero-order valence-electron chi connectivity index (χ0n) is 11.3. The van der Waals surface area contributed by atoms with Gasteiger partial charge >= 0.3 is 5.97 Å². The average molecular weight is 278 g/mol. The first-order valence-electron chi connectivity index (χ1n) is 6.23. The Morgan fingerprint density at radius 3 is 2.68 bits per heavy atom. The normalized spacial score (nSPS) is 22.8. The van der Waals surface area contributed by atoms with Crippen molar-refractivity contribution in [3.63, 3.8) is 0 Å². The van der Waals surface area contributed by atoms with Crippen molar-refractivity contribution in [2.45, 2.75) is 19.9 Å². The van der Waals surface area contributed by atoms with Crippen LogP contribution in [0.15, 0.2) is 29.3 Å². The predicted octanol–water partition coefficient (Wildman–Crippen LogP) is 2.75. The van der Waals surface area contributed by atoms with Crippen molar-refractivity contribution < 1.29 is 9.90 Å². The second kappa shape index (κ2) is 5.65. The molecule has 1 N–H and O–H groups in total. The fraction of sp³-hybridized carbons (Fsp3) is 0.429. The summed E-state index contributed by atoms with van der Waals surface area (Å²) >= 11 is 1.62. The number of aliphatic carboxylic acids is 1. The molecule has 1 aromatic rings. The van der Waals surface area contributed by atoms with Crippen LogP contribution in [0.3, 0.4) is 0 Å². The van der Waals surface area contributed by atoms with Crippen molar-refractivity contribution in [3.8, 4) is 0 Å². The topological polar surface area (TPSA) is 52.9 Å². The average Bonchev–Trinajstić information content (AvgIpc) is 2.73. The maximum Gasteiger partial charge on any atom is 0.308 e. The van der Waals surface area contributed by atoms with Gasteiger partial charge in [-0.1, -0.05) is 29.5 Å². The van der Waals surface area contributed by atoms with Crippen LogP contribution in [0.1, 0.15) is 12.5 Å². The van der Waals surface area contributed by atoms with E-state index in [0.29, 0.717) is 0 Å². The number of thioether (sulfide) groups is 1. The molecule has 1 fully saturated rings. The van der Waals surface area contributed by atoms with Gasteiger partial charge in [-0.05, 0) is 26.0 Å². The third kappa shape index (κ3) is 3.10. The molecule has 5 heteroatoms. The van der Waals surface area contributed by atoms with E-state index in [1.165, 1.54) is 5.56 Å². The van der Waals surface area contributed by atoms with E-state index in [1.807, 2.05) is 43.1 Å². The van der Waals surface area contributed by atoms with Crippen LogP contribution in [0.4, 0.5) is 5.69 Å². The number of benzene rings is 1. The van der Waals surface area contributed by atoms with E-state index in [2.05, 4.69) is 4.99 Å². The van der Waals surface area contributed by atoms with Crippen LogP contribution in [0.25, 0.3) is 0 Å². The highest BCUT2D eigenvalue weighted by Crippen LogP contribution is 2.29. The first-order valence-corrected chi connectivity index (χ1v) is 7.21. The summed E-state index contributed by atoms with van der Waals surface area (Å²) in [5.41, 5.74) is 2.11. The minimum atomic E-state index is -0.756. The van der Waals surface area contributed by atoms with E-state index in [9.17, 15) is 4.79 Å². The fourth-order valence-electron chi connectivity index (χ4n) is 2.00. The fourth-order valence-corrected chi connectivity index (χ4v) is 3.34. The Morgan fingerprint density at radius 1 is 1.47 bits per heavy atom. The highest BCUT2D eigenvalue weighted by Gasteiger charge is 2.34. The van der Waals surface area contributed by atoms with Crippen LogP contribution in [-0.4, -0.2) is 40.0 Å². The van der Waals surface area contributed by atoms with E-state index in [1.54, 1.807) is 18.7 Å². The van der Waals surface area contributed by atoms with Crippen LogP contribution in [0.2, 0.25) is 0 Å². The molecule has 2 rings (SSSR count). The SMILES string of the molecule is Cc1ccc(N=C2SCC(C(C)C(=O)O)N2C)cc1. The number of hydrogen-bond acceptors (Lipinski definition) is 3. The number of amidine groups is 1. The summed E-state index contributed by atoms with van der Waals surface area (Å²) in [5.74, 6) is -0.369. The number of rotatable bonds is 3. The molecule has 102 valence electrons. The molecule has 2 atom stereocenters. The number of carboxylic acids is 1. The Morgan fingerprint density at radius 2 is 2.11 bits per heavy atom. The molecule has 0 radical (unpaired) electrons. The molecule has 0 aliphatic carbocycles. The molecule has 1 aromatic carbocycles. The molecule has 1 heterocycles. The lowest BCUT2D eigenvalue weighted by molar-refractivity contribution is -0.142. The first-order chi connectivity index (χ1) is 8.99. The lowest BCUT2D eigenvalue weighted by Gasteiger charge is -2.23. The highest BCUT2D eigenvalue weighted by atomic mass is 32.2. The molecule has 4 nitrogen and oxygen atoms in total. The Labute approximate surface area is 117 Å². The summed E-state index contributed by atoms with van der Waals surface area (Å²) in [6.07, 6.45) is 0. The van der Waals surface area contributed by atoms with Crippen molar-refractivity contribution in [3.05, 3.63) is 29.8 Å². The molecule has 0 aromatic heterocycles.